The molecule has 36 heavy (non-hydrogen) atoms. The van der Waals surface area contributed by atoms with Crippen LogP contribution in [0.2, 0.25) is 0 Å². The molecule has 0 spiro atoms. The number of aromatic nitrogens is 4. The van der Waals surface area contributed by atoms with Crippen LogP contribution in [-0.2, 0) is 16.1 Å². The van der Waals surface area contributed by atoms with Crippen LogP contribution in [0, 0.1) is 13.8 Å². The van der Waals surface area contributed by atoms with E-state index in [0.717, 1.165) is 66.6 Å². The minimum atomic E-state index is 0.117. The van der Waals surface area contributed by atoms with Gasteiger partial charge in [0.25, 0.3) is 0 Å². The summed E-state index contributed by atoms with van der Waals surface area (Å²) in [6.45, 7) is 8.85. The molecule has 1 atom stereocenters. The van der Waals surface area contributed by atoms with Gasteiger partial charge in [0.05, 0.1) is 18.3 Å². The van der Waals surface area contributed by atoms with Crippen molar-refractivity contribution >= 4 is 17.5 Å². The third-order valence-electron chi connectivity index (χ3n) is 7.21. The van der Waals surface area contributed by atoms with Crippen molar-refractivity contribution in [1.29, 1.82) is 0 Å². The maximum Gasteiger partial charge on any atom is 0.244 e. The molecule has 9 nitrogen and oxygen atoms in total. The Morgan fingerprint density at radius 1 is 1.06 bits per heavy atom. The molecule has 5 rings (SSSR count). The van der Waals surface area contributed by atoms with Crippen LogP contribution in [-0.4, -0.2) is 83.0 Å². The number of para-hydroxylation sites is 1. The standard InChI is InChI=1S/C27H35N7O2/c1-20-15-21(2)34(30-20)18-26(35)32-13-11-31(12-14-32)25-9-5-4-8-24(25)22-16-28-27(29-17-22)33-10-6-7-23(33)19-36-3/h4-5,8-9,15-17,23H,6-7,10-14,18-19H2,1-3H3. The Labute approximate surface area is 212 Å². The molecular weight excluding hydrogens is 454 g/mol. The van der Waals surface area contributed by atoms with Gasteiger partial charge >= 0.3 is 0 Å². The second-order valence-corrected chi connectivity index (χ2v) is 9.69. The number of anilines is 2. The van der Waals surface area contributed by atoms with Crippen LogP contribution in [0.25, 0.3) is 11.1 Å². The van der Waals surface area contributed by atoms with E-state index in [4.69, 9.17) is 14.7 Å². The SMILES string of the molecule is COCC1CCCN1c1ncc(-c2ccccc2N2CCN(C(=O)Cn3nc(C)cc3C)CC2)cn1. The van der Waals surface area contributed by atoms with E-state index in [2.05, 4.69) is 39.2 Å². The Morgan fingerprint density at radius 2 is 1.81 bits per heavy atom. The van der Waals surface area contributed by atoms with Gasteiger partial charge in [0.2, 0.25) is 11.9 Å². The Morgan fingerprint density at radius 3 is 2.50 bits per heavy atom. The highest BCUT2D eigenvalue weighted by atomic mass is 16.5. The van der Waals surface area contributed by atoms with E-state index in [9.17, 15) is 4.79 Å². The number of benzene rings is 1. The van der Waals surface area contributed by atoms with Crippen LogP contribution in [0.3, 0.4) is 0 Å². The smallest absolute Gasteiger partial charge is 0.244 e. The highest BCUT2D eigenvalue weighted by Crippen LogP contribution is 2.32. The predicted molar refractivity (Wildman–Crippen MR) is 140 cm³/mol. The number of rotatable bonds is 7. The zero-order valence-corrected chi connectivity index (χ0v) is 21.4. The van der Waals surface area contributed by atoms with Gasteiger partial charge in [0, 0.05) is 74.7 Å². The third kappa shape index (κ3) is 5.06. The topological polar surface area (TPSA) is 79.6 Å². The maximum atomic E-state index is 12.9. The van der Waals surface area contributed by atoms with Crippen molar-refractivity contribution < 1.29 is 9.53 Å². The molecule has 4 heterocycles. The largest absolute Gasteiger partial charge is 0.383 e. The first-order valence-corrected chi connectivity index (χ1v) is 12.7. The number of hydrogen-bond donors (Lipinski definition) is 0. The predicted octanol–water partition coefficient (Wildman–Crippen LogP) is 2.92. The molecule has 0 radical (unpaired) electrons. The summed E-state index contributed by atoms with van der Waals surface area (Å²) >= 11 is 0. The van der Waals surface area contributed by atoms with Crippen LogP contribution in [0.5, 0.6) is 0 Å². The van der Waals surface area contributed by atoms with E-state index in [1.807, 2.05) is 37.2 Å². The quantitative estimate of drug-likeness (QED) is 0.505. The summed E-state index contributed by atoms with van der Waals surface area (Å²) in [6, 6.07) is 10.7. The fourth-order valence-electron chi connectivity index (χ4n) is 5.33. The minimum absolute atomic E-state index is 0.117. The zero-order chi connectivity index (χ0) is 25.1. The number of aryl methyl sites for hydroxylation is 2. The lowest BCUT2D eigenvalue weighted by molar-refractivity contribution is -0.132. The molecule has 0 aliphatic carbocycles. The molecule has 2 aliphatic rings. The molecule has 3 aromatic rings. The van der Waals surface area contributed by atoms with Gasteiger partial charge < -0.3 is 19.4 Å². The number of methoxy groups -OCH3 is 1. The number of hydrogen-bond acceptors (Lipinski definition) is 7. The number of piperazine rings is 1. The summed E-state index contributed by atoms with van der Waals surface area (Å²) in [6.07, 6.45) is 6.10. The molecule has 9 heteroatoms. The van der Waals surface area contributed by atoms with Crippen molar-refractivity contribution in [1.82, 2.24) is 24.6 Å². The number of ether oxygens (including phenoxy) is 1. The van der Waals surface area contributed by atoms with E-state index < -0.39 is 0 Å². The Bertz CT molecular complexity index is 1190. The van der Waals surface area contributed by atoms with Crippen molar-refractivity contribution in [2.75, 3.05) is 56.2 Å². The van der Waals surface area contributed by atoms with Gasteiger partial charge in [-0.15, -0.1) is 0 Å². The van der Waals surface area contributed by atoms with Crippen molar-refractivity contribution in [3.8, 4) is 11.1 Å². The van der Waals surface area contributed by atoms with E-state index in [1.165, 1.54) is 0 Å². The maximum absolute atomic E-state index is 12.9. The van der Waals surface area contributed by atoms with Gasteiger partial charge in [-0.25, -0.2) is 9.97 Å². The van der Waals surface area contributed by atoms with Crippen molar-refractivity contribution in [2.24, 2.45) is 0 Å². The number of carbonyl (C=O) groups excluding carboxylic acids is 1. The lowest BCUT2D eigenvalue weighted by Crippen LogP contribution is -2.49. The van der Waals surface area contributed by atoms with E-state index in [-0.39, 0.29) is 5.91 Å². The first kappa shape index (κ1) is 24.2. The highest BCUT2D eigenvalue weighted by molar-refractivity contribution is 5.79. The van der Waals surface area contributed by atoms with Crippen molar-refractivity contribution in [2.45, 2.75) is 39.3 Å². The average molecular weight is 490 g/mol. The summed E-state index contributed by atoms with van der Waals surface area (Å²) < 4.78 is 7.17. The molecule has 2 saturated heterocycles. The van der Waals surface area contributed by atoms with Crippen LogP contribution in [0.15, 0.2) is 42.7 Å². The minimum Gasteiger partial charge on any atom is -0.383 e. The summed E-state index contributed by atoms with van der Waals surface area (Å²) in [7, 11) is 1.74. The molecule has 0 bridgehead atoms. The average Bonchev–Trinajstić information content (AvgIpc) is 3.49. The van der Waals surface area contributed by atoms with Crippen LogP contribution >= 0.6 is 0 Å². The van der Waals surface area contributed by atoms with Gasteiger partial charge in [0.15, 0.2) is 0 Å². The molecule has 0 N–H and O–H groups in total. The van der Waals surface area contributed by atoms with Gasteiger partial charge in [0.1, 0.15) is 6.54 Å². The van der Waals surface area contributed by atoms with Gasteiger partial charge in [-0.1, -0.05) is 18.2 Å². The van der Waals surface area contributed by atoms with Gasteiger partial charge in [-0.05, 0) is 38.8 Å². The van der Waals surface area contributed by atoms with E-state index in [0.29, 0.717) is 32.3 Å². The molecule has 2 aromatic heterocycles. The summed E-state index contributed by atoms with van der Waals surface area (Å²) in [5.41, 5.74) is 5.22. The molecule has 190 valence electrons. The first-order chi connectivity index (χ1) is 17.5. The molecule has 1 aromatic carbocycles. The fraction of sp³-hybridized carbons (Fsp3) is 0.481. The molecule has 0 saturated carbocycles. The summed E-state index contributed by atoms with van der Waals surface area (Å²) in [5, 5.41) is 4.43. The normalized spacial score (nSPS) is 18.2. The lowest BCUT2D eigenvalue weighted by Gasteiger charge is -2.37. The fourth-order valence-corrected chi connectivity index (χ4v) is 5.33. The number of nitrogens with zero attached hydrogens (tertiary/aromatic N) is 7. The molecule has 2 aliphatic heterocycles. The van der Waals surface area contributed by atoms with Gasteiger partial charge in [-0.2, -0.15) is 5.10 Å². The zero-order valence-electron chi connectivity index (χ0n) is 21.4. The van der Waals surface area contributed by atoms with Crippen LogP contribution in [0.1, 0.15) is 24.2 Å². The van der Waals surface area contributed by atoms with E-state index >= 15 is 0 Å². The Kier molecular flexibility index (Phi) is 7.18. The Hall–Kier alpha value is -3.46. The number of amides is 1. The molecule has 1 amide bonds. The monoisotopic (exact) mass is 489 g/mol. The Balaban J connectivity index is 1.25. The molecule has 1 unspecified atom stereocenters. The van der Waals surface area contributed by atoms with E-state index in [1.54, 1.807) is 11.8 Å². The number of carbonyl (C=O) groups is 1. The van der Waals surface area contributed by atoms with Gasteiger partial charge in [-0.3, -0.25) is 9.48 Å². The van der Waals surface area contributed by atoms with Crippen LogP contribution < -0.4 is 9.80 Å². The lowest BCUT2D eigenvalue weighted by atomic mass is 10.1. The van der Waals surface area contributed by atoms with Crippen molar-refractivity contribution in [3.63, 3.8) is 0 Å². The highest BCUT2D eigenvalue weighted by Gasteiger charge is 2.27. The third-order valence-corrected chi connectivity index (χ3v) is 7.21. The first-order valence-electron chi connectivity index (χ1n) is 12.7. The second-order valence-electron chi connectivity index (χ2n) is 9.69. The van der Waals surface area contributed by atoms with Crippen molar-refractivity contribution in [3.05, 3.63) is 54.1 Å². The second kappa shape index (κ2) is 10.7. The van der Waals surface area contributed by atoms with Crippen LogP contribution in [0.4, 0.5) is 11.6 Å². The summed E-state index contributed by atoms with van der Waals surface area (Å²) in [4.78, 5) is 28.9. The molecule has 2 fully saturated rings. The summed E-state index contributed by atoms with van der Waals surface area (Å²) in [5.74, 6) is 0.886. The molecular formula is C27H35N7O2.